The van der Waals surface area contributed by atoms with Gasteiger partial charge in [0.25, 0.3) is 0 Å². The zero-order valence-corrected chi connectivity index (χ0v) is 12.5. The Balaban J connectivity index is 2.14. The average molecular weight is 282 g/mol. The molecule has 0 N–H and O–H groups in total. The van der Waals surface area contributed by atoms with Crippen molar-refractivity contribution in [1.29, 1.82) is 0 Å². The standard InChI is InChI=1S/C15H22O3S/c1-3-4-12-18-14-8-6-13(7-9-14)15(10-5-11-15)19(2,16)17/h6-9H,3-5,10-12H2,1-2H3. The van der Waals surface area contributed by atoms with Crippen LogP contribution in [0.5, 0.6) is 5.75 Å². The molecule has 2 rings (SSSR count). The first-order valence-corrected chi connectivity index (χ1v) is 8.82. The number of unbranched alkanes of at least 4 members (excludes halogenated alkanes) is 1. The van der Waals surface area contributed by atoms with E-state index in [1.807, 2.05) is 24.3 Å². The van der Waals surface area contributed by atoms with E-state index in [1.54, 1.807) is 0 Å². The molecule has 19 heavy (non-hydrogen) atoms. The maximum atomic E-state index is 12.0. The highest BCUT2D eigenvalue weighted by atomic mass is 32.2. The van der Waals surface area contributed by atoms with Gasteiger partial charge in [-0.3, -0.25) is 0 Å². The maximum Gasteiger partial charge on any atom is 0.157 e. The highest BCUT2D eigenvalue weighted by Gasteiger charge is 2.47. The fraction of sp³-hybridized carbons (Fsp3) is 0.600. The van der Waals surface area contributed by atoms with E-state index in [2.05, 4.69) is 6.92 Å². The van der Waals surface area contributed by atoms with Crippen molar-refractivity contribution in [3.63, 3.8) is 0 Å². The molecule has 0 radical (unpaired) electrons. The molecule has 106 valence electrons. The molecular weight excluding hydrogens is 260 g/mol. The highest BCUT2D eigenvalue weighted by molar-refractivity contribution is 7.91. The van der Waals surface area contributed by atoms with Gasteiger partial charge in [-0.05, 0) is 43.4 Å². The van der Waals surface area contributed by atoms with Crippen LogP contribution >= 0.6 is 0 Å². The van der Waals surface area contributed by atoms with Crippen molar-refractivity contribution in [1.82, 2.24) is 0 Å². The van der Waals surface area contributed by atoms with Gasteiger partial charge in [-0.25, -0.2) is 8.42 Å². The third kappa shape index (κ3) is 2.78. The summed E-state index contributed by atoms with van der Waals surface area (Å²) in [5, 5.41) is 0. The fourth-order valence-corrected chi connectivity index (χ4v) is 4.16. The van der Waals surface area contributed by atoms with E-state index >= 15 is 0 Å². The number of ether oxygens (including phenoxy) is 1. The van der Waals surface area contributed by atoms with Crippen molar-refractivity contribution >= 4 is 9.84 Å². The van der Waals surface area contributed by atoms with Gasteiger partial charge in [-0.15, -0.1) is 0 Å². The Morgan fingerprint density at radius 3 is 2.26 bits per heavy atom. The first-order valence-electron chi connectivity index (χ1n) is 6.92. The predicted octanol–water partition coefficient (Wildman–Crippen LogP) is 3.29. The van der Waals surface area contributed by atoms with Gasteiger partial charge < -0.3 is 4.74 Å². The van der Waals surface area contributed by atoms with E-state index in [9.17, 15) is 8.42 Å². The van der Waals surface area contributed by atoms with E-state index in [4.69, 9.17) is 4.74 Å². The van der Waals surface area contributed by atoms with E-state index in [1.165, 1.54) is 6.26 Å². The summed E-state index contributed by atoms with van der Waals surface area (Å²) >= 11 is 0. The molecule has 4 heteroatoms. The summed E-state index contributed by atoms with van der Waals surface area (Å²) < 4.78 is 29.0. The van der Waals surface area contributed by atoms with Crippen molar-refractivity contribution < 1.29 is 13.2 Å². The minimum absolute atomic E-state index is 0.644. The van der Waals surface area contributed by atoms with Crippen molar-refractivity contribution in [3.8, 4) is 5.75 Å². The second-order valence-corrected chi connectivity index (χ2v) is 7.67. The maximum absolute atomic E-state index is 12.0. The zero-order valence-electron chi connectivity index (χ0n) is 11.7. The van der Waals surface area contributed by atoms with Crippen LogP contribution in [0.15, 0.2) is 24.3 Å². The second kappa shape index (κ2) is 5.53. The number of sulfone groups is 1. The number of rotatable bonds is 6. The van der Waals surface area contributed by atoms with Gasteiger partial charge in [0, 0.05) is 6.26 Å². The quantitative estimate of drug-likeness (QED) is 0.752. The predicted molar refractivity (Wildman–Crippen MR) is 77.2 cm³/mol. The van der Waals surface area contributed by atoms with Crippen LogP contribution in [0.3, 0.4) is 0 Å². The van der Waals surface area contributed by atoms with Crippen molar-refractivity contribution in [2.45, 2.75) is 43.8 Å². The van der Waals surface area contributed by atoms with Crippen LogP contribution < -0.4 is 4.74 Å². The molecule has 1 aromatic rings. The van der Waals surface area contributed by atoms with Crippen LogP contribution in [0.1, 0.15) is 44.6 Å². The molecule has 1 aliphatic carbocycles. The van der Waals surface area contributed by atoms with Gasteiger partial charge in [-0.1, -0.05) is 25.5 Å². The Kier molecular flexibility index (Phi) is 4.19. The molecule has 0 bridgehead atoms. The lowest BCUT2D eigenvalue weighted by Crippen LogP contribution is -2.41. The highest BCUT2D eigenvalue weighted by Crippen LogP contribution is 2.47. The lowest BCUT2D eigenvalue weighted by atomic mass is 9.79. The molecular formula is C15H22O3S. The van der Waals surface area contributed by atoms with Gasteiger partial charge in [0.15, 0.2) is 9.84 Å². The van der Waals surface area contributed by atoms with Crippen molar-refractivity contribution in [2.24, 2.45) is 0 Å². The number of hydrogen-bond acceptors (Lipinski definition) is 3. The number of hydrogen-bond donors (Lipinski definition) is 0. The molecule has 0 spiro atoms. The monoisotopic (exact) mass is 282 g/mol. The van der Waals surface area contributed by atoms with Gasteiger partial charge in [-0.2, -0.15) is 0 Å². The summed E-state index contributed by atoms with van der Waals surface area (Å²) in [5.74, 6) is 0.820. The van der Waals surface area contributed by atoms with Crippen LogP contribution in [0.4, 0.5) is 0 Å². The third-order valence-corrected chi connectivity index (χ3v) is 6.08. The Bertz CT molecular complexity index is 513. The number of benzene rings is 1. The third-order valence-electron chi connectivity index (χ3n) is 4.02. The second-order valence-electron chi connectivity index (χ2n) is 5.35. The summed E-state index contributed by atoms with van der Waals surface area (Å²) in [6, 6.07) is 7.58. The first-order chi connectivity index (χ1) is 8.99. The molecule has 0 amide bonds. The molecule has 1 saturated carbocycles. The zero-order chi connectivity index (χ0) is 13.9. The van der Waals surface area contributed by atoms with Gasteiger partial charge in [0.05, 0.1) is 11.4 Å². The largest absolute Gasteiger partial charge is 0.494 e. The minimum Gasteiger partial charge on any atom is -0.494 e. The molecule has 0 atom stereocenters. The van der Waals surface area contributed by atoms with Gasteiger partial charge in [0.2, 0.25) is 0 Å². The lowest BCUT2D eigenvalue weighted by Gasteiger charge is -2.40. The minimum atomic E-state index is -3.06. The summed E-state index contributed by atoms with van der Waals surface area (Å²) in [6.45, 7) is 2.84. The summed E-state index contributed by atoms with van der Waals surface area (Å²) in [6.07, 6.45) is 5.95. The van der Waals surface area contributed by atoms with Gasteiger partial charge >= 0.3 is 0 Å². The SMILES string of the molecule is CCCCOc1ccc(C2(S(C)(=O)=O)CCC2)cc1. The van der Waals surface area contributed by atoms with Crippen LogP contribution in [0, 0.1) is 0 Å². The summed E-state index contributed by atoms with van der Waals surface area (Å²) in [4.78, 5) is 0. The molecule has 0 saturated heterocycles. The Morgan fingerprint density at radius 2 is 1.84 bits per heavy atom. The molecule has 0 aromatic heterocycles. The Hall–Kier alpha value is -1.03. The fourth-order valence-electron chi connectivity index (χ4n) is 2.56. The Labute approximate surface area is 115 Å². The molecule has 0 unspecified atom stereocenters. The topological polar surface area (TPSA) is 43.4 Å². The molecule has 1 aromatic carbocycles. The van der Waals surface area contributed by atoms with E-state index in [-0.39, 0.29) is 0 Å². The van der Waals surface area contributed by atoms with Gasteiger partial charge in [0.1, 0.15) is 5.75 Å². The van der Waals surface area contributed by atoms with Crippen molar-refractivity contribution in [2.75, 3.05) is 12.9 Å². The van der Waals surface area contributed by atoms with Crippen molar-refractivity contribution in [3.05, 3.63) is 29.8 Å². The molecule has 1 aliphatic rings. The summed E-state index contributed by atoms with van der Waals surface area (Å²) in [7, 11) is -3.06. The molecule has 3 nitrogen and oxygen atoms in total. The average Bonchev–Trinajstić information content (AvgIpc) is 2.28. The molecule has 0 heterocycles. The van der Waals surface area contributed by atoms with Crippen LogP contribution in [-0.2, 0) is 14.6 Å². The Morgan fingerprint density at radius 1 is 1.21 bits per heavy atom. The lowest BCUT2D eigenvalue weighted by molar-refractivity contribution is 0.308. The first kappa shape index (κ1) is 14.4. The van der Waals surface area contributed by atoms with Crippen LogP contribution in [0.25, 0.3) is 0 Å². The normalized spacial score (nSPS) is 17.8. The van der Waals surface area contributed by atoms with E-state index in [0.29, 0.717) is 6.61 Å². The van der Waals surface area contributed by atoms with E-state index < -0.39 is 14.6 Å². The van der Waals surface area contributed by atoms with Crippen LogP contribution in [-0.4, -0.2) is 21.3 Å². The smallest absolute Gasteiger partial charge is 0.157 e. The molecule has 1 fully saturated rings. The van der Waals surface area contributed by atoms with Crippen LogP contribution in [0.2, 0.25) is 0 Å². The van der Waals surface area contributed by atoms with E-state index in [0.717, 1.165) is 43.4 Å². The summed E-state index contributed by atoms with van der Waals surface area (Å²) in [5.41, 5.74) is 0.907. The molecule has 0 aliphatic heterocycles.